The molecule has 11 heteroatoms. The van der Waals surface area contributed by atoms with E-state index in [1.807, 2.05) is 0 Å². The molecule has 1 aliphatic rings. The highest BCUT2D eigenvalue weighted by atomic mass is 16.2. The van der Waals surface area contributed by atoms with Crippen molar-refractivity contribution < 1.29 is 28.8 Å². The van der Waals surface area contributed by atoms with Crippen molar-refractivity contribution in [2.24, 2.45) is 11.7 Å². The Bertz CT molecular complexity index is 723. The Morgan fingerprint density at radius 2 is 1.61 bits per heavy atom. The van der Waals surface area contributed by atoms with Crippen molar-refractivity contribution in [3.8, 4) is 0 Å². The summed E-state index contributed by atoms with van der Waals surface area (Å²) in [6.07, 6.45) is 3.43. The van der Waals surface area contributed by atoms with Crippen molar-refractivity contribution in [1.82, 2.24) is 20.9 Å². The number of likely N-dealkylation sites (tertiary alicyclic amines) is 1. The van der Waals surface area contributed by atoms with Crippen LogP contribution in [0.25, 0.3) is 0 Å². The second kappa shape index (κ2) is 14.2. The SMILES string of the molecule is CC(=O)[C@H](CCCNC(N)=O)NC(=O)[C@@H](NC(=O)CCCCCN1C(=O)CCC1=O)C(C)C. The van der Waals surface area contributed by atoms with Crippen LogP contribution in [0.15, 0.2) is 0 Å². The molecule has 0 unspecified atom stereocenters. The van der Waals surface area contributed by atoms with Gasteiger partial charge in [-0.25, -0.2) is 4.79 Å². The smallest absolute Gasteiger partial charge is 0.312 e. The summed E-state index contributed by atoms with van der Waals surface area (Å²) in [5.74, 6) is -1.40. The third kappa shape index (κ3) is 10.5. The molecule has 6 amide bonds. The largest absolute Gasteiger partial charge is 0.352 e. The van der Waals surface area contributed by atoms with E-state index in [1.54, 1.807) is 13.8 Å². The van der Waals surface area contributed by atoms with Crippen LogP contribution in [0.1, 0.15) is 72.1 Å². The molecule has 1 rings (SSSR count). The average Bonchev–Trinajstić information content (AvgIpc) is 3.05. The number of rotatable bonds is 15. The van der Waals surface area contributed by atoms with Crippen LogP contribution in [0, 0.1) is 5.92 Å². The van der Waals surface area contributed by atoms with Crippen molar-refractivity contribution in [2.45, 2.75) is 84.2 Å². The lowest BCUT2D eigenvalue weighted by atomic mass is 10.0. The lowest BCUT2D eigenvalue weighted by Crippen LogP contribution is -2.53. The lowest BCUT2D eigenvalue weighted by molar-refractivity contribution is -0.138. The third-order valence-corrected chi connectivity index (χ3v) is 5.48. The number of Topliss-reactive ketones (excluding diaryl/α,β-unsaturated/α-hetero) is 1. The molecular weight excluding hydrogens is 430 g/mol. The Labute approximate surface area is 194 Å². The highest BCUT2D eigenvalue weighted by Gasteiger charge is 2.29. The summed E-state index contributed by atoms with van der Waals surface area (Å²) >= 11 is 0. The number of hydrogen-bond donors (Lipinski definition) is 4. The van der Waals surface area contributed by atoms with Crippen LogP contribution in [0.2, 0.25) is 0 Å². The van der Waals surface area contributed by atoms with E-state index >= 15 is 0 Å². The molecule has 0 aliphatic carbocycles. The van der Waals surface area contributed by atoms with Gasteiger partial charge in [0.25, 0.3) is 0 Å². The van der Waals surface area contributed by atoms with Crippen molar-refractivity contribution >= 4 is 35.4 Å². The topological polar surface area (TPSA) is 168 Å². The van der Waals surface area contributed by atoms with Gasteiger partial charge in [-0.1, -0.05) is 20.3 Å². The highest BCUT2D eigenvalue weighted by Crippen LogP contribution is 2.13. The predicted molar refractivity (Wildman–Crippen MR) is 121 cm³/mol. The summed E-state index contributed by atoms with van der Waals surface area (Å²) in [6, 6.07) is -2.16. The number of nitrogens with two attached hydrogens (primary N) is 1. The van der Waals surface area contributed by atoms with E-state index in [1.165, 1.54) is 11.8 Å². The highest BCUT2D eigenvalue weighted by molar-refractivity contribution is 6.01. The zero-order chi connectivity index (χ0) is 25.0. The monoisotopic (exact) mass is 467 g/mol. The number of nitrogens with one attached hydrogen (secondary N) is 3. The molecule has 1 aliphatic heterocycles. The number of urea groups is 1. The lowest BCUT2D eigenvalue weighted by Gasteiger charge is -2.24. The van der Waals surface area contributed by atoms with Gasteiger partial charge in [0.2, 0.25) is 23.6 Å². The predicted octanol–water partition coefficient (Wildman–Crippen LogP) is 0.359. The van der Waals surface area contributed by atoms with Crippen LogP contribution in [-0.4, -0.2) is 65.5 Å². The van der Waals surface area contributed by atoms with Gasteiger partial charge in [-0.15, -0.1) is 0 Å². The Hall–Kier alpha value is -2.98. The average molecular weight is 468 g/mol. The number of primary amides is 1. The molecule has 186 valence electrons. The molecule has 0 aromatic rings. The van der Waals surface area contributed by atoms with Gasteiger partial charge in [-0.2, -0.15) is 0 Å². The molecule has 0 aromatic heterocycles. The van der Waals surface area contributed by atoms with Crippen LogP contribution >= 0.6 is 0 Å². The van der Waals surface area contributed by atoms with E-state index in [9.17, 15) is 28.8 Å². The number of carbonyl (C=O) groups excluding carboxylic acids is 6. The summed E-state index contributed by atoms with van der Waals surface area (Å²) in [7, 11) is 0. The van der Waals surface area contributed by atoms with Gasteiger partial charge in [0.05, 0.1) is 6.04 Å². The molecule has 1 saturated heterocycles. The molecule has 0 aromatic carbocycles. The summed E-state index contributed by atoms with van der Waals surface area (Å²) in [6.45, 7) is 5.64. The van der Waals surface area contributed by atoms with E-state index in [4.69, 9.17) is 5.73 Å². The minimum absolute atomic E-state index is 0.142. The maximum Gasteiger partial charge on any atom is 0.312 e. The minimum Gasteiger partial charge on any atom is -0.352 e. The summed E-state index contributed by atoms with van der Waals surface area (Å²) in [5.41, 5.74) is 5.00. The first-order valence-electron chi connectivity index (χ1n) is 11.5. The number of nitrogens with zero attached hydrogens (tertiary/aromatic N) is 1. The van der Waals surface area contributed by atoms with Crippen LogP contribution in [0.4, 0.5) is 4.79 Å². The minimum atomic E-state index is -0.789. The third-order valence-electron chi connectivity index (χ3n) is 5.48. The Morgan fingerprint density at radius 3 is 2.15 bits per heavy atom. The van der Waals surface area contributed by atoms with Gasteiger partial charge < -0.3 is 21.7 Å². The Balaban J connectivity index is 2.42. The van der Waals surface area contributed by atoms with Gasteiger partial charge in [0.15, 0.2) is 5.78 Å². The first-order chi connectivity index (χ1) is 15.5. The molecule has 1 fully saturated rings. The van der Waals surface area contributed by atoms with Crippen LogP contribution < -0.4 is 21.7 Å². The Kier molecular flexibility index (Phi) is 12.1. The molecule has 0 radical (unpaired) electrons. The van der Waals surface area contributed by atoms with E-state index in [2.05, 4.69) is 16.0 Å². The summed E-state index contributed by atoms with van der Waals surface area (Å²) in [5, 5.41) is 7.86. The number of ketones is 1. The zero-order valence-corrected chi connectivity index (χ0v) is 19.8. The standard InChI is InChI=1S/C22H37N5O6/c1-14(2)20(21(32)25-16(15(3)28)8-7-12-24-22(23)33)26-17(29)9-5-4-6-13-27-18(30)10-11-19(27)31/h14,16,20H,4-13H2,1-3H3,(H,25,32)(H,26,29)(H3,23,24,33)/t16-,20-/m0/s1. The van der Waals surface area contributed by atoms with Crippen molar-refractivity contribution in [1.29, 1.82) is 0 Å². The number of imide groups is 1. The number of amides is 6. The van der Waals surface area contributed by atoms with Gasteiger partial charge >= 0.3 is 6.03 Å². The molecule has 1 heterocycles. The summed E-state index contributed by atoms with van der Waals surface area (Å²) < 4.78 is 0. The second-order valence-corrected chi connectivity index (χ2v) is 8.64. The zero-order valence-electron chi connectivity index (χ0n) is 19.8. The maximum atomic E-state index is 12.7. The number of unbranched alkanes of at least 4 members (excludes halogenated alkanes) is 2. The quantitative estimate of drug-likeness (QED) is 0.200. The van der Waals surface area contributed by atoms with Crippen LogP contribution in [-0.2, 0) is 24.0 Å². The number of hydrogen-bond acceptors (Lipinski definition) is 6. The second-order valence-electron chi connectivity index (χ2n) is 8.64. The van der Waals surface area contributed by atoms with Crippen LogP contribution in [0.3, 0.4) is 0 Å². The Morgan fingerprint density at radius 1 is 0.970 bits per heavy atom. The van der Waals surface area contributed by atoms with Gasteiger partial charge in [0.1, 0.15) is 6.04 Å². The molecular formula is C22H37N5O6. The van der Waals surface area contributed by atoms with E-state index in [0.717, 1.165) is 0 Å². The van der Waals surface area contributed by atoms with Crippen LogP contribution in [0.5, 0.6) is 0 Å². The van der Waals surface area contributed by atoms with Gasteiger partial charge in [-0.05, 0) is 38.5 Å². The first-order valence-corrected chi connectivity index (χ1v) is 11.5. The van der Waals surface area contributed by atoms with Crippen molar-refractivity contribution in [2.75, 3.05) is 13.1 Å². The fraction of sp³-hybridized carbons (Fsp3) is 0.727. The fourth-order valence-electron chi connectivity index (χ4n) is 3.54. The fourth-order valence-corrected chi connectivity index (χ4v) is 3.54. The molecule has 33 heavy (non-hydrogen) atoms. The van der Waals surface area contributed by atoms with Gasteiger partial charge in [-0.3, -0.25) is 28.9 Å². The molecule has 5 N–H and O–H groups in total. The van der Waals surface area contributed by atoms with Gasteiger partial charge in [0, 0.05) is 32.4 Å². The maximum absolute atomic E-state index is 12.7. The van der Waals surface area contributed by atoms with Crippen molar-refractivity contribution in [3.05, 3.63) is 0 Å². The summed E-state index contributed by atoms with van der Waals surface area (Å²) in [4.78, 5) is 72.1. The number of carbonyl (C=O) groups is 6. The molecule has 2 atom stereocenters. The van der Waals surface area contributed by atoms with Crippen molar-refractivity contribution in [3.63, 3.8) is 0 Å². The van der Waals surface area contributed by atoms with E-state index in [0.29, 0.717) is 45.2 Å². The van der Waals surface area contributed by atoms with E-state index < -0.39 is 24.0 Å². The molecule has 11 nitrogen and oxygen atoms in total. The molecule has 0 saturated carbocycles. The first kappa shape index (κ1) is 28.1. The normalized spacial score (nSPS) is 15.3. The van der Waals surface area contributed by atoms with E-state index in [-0.39, 0.29) is 48.7 Å². The molecule has 0 bridgehead atoms. The molecule has 0 spiro atoms.